The van der Waals surface area contributed by atoms with Crippen molar-refractivity contribution in [2.45, 2.75) is 27.7 Å². The van der Waals surface area contributed by atoms with Crippen LogP contribution in [0.1, 0.15) is 22.8 Å². The Bertz CT molecular complexity index is 678. The molecule has 0 unspecified atom stereocenters. The van der Waals surface area contributed by atoms with Gasteiger partial charge in [-0.05, 0) is 39.8 Å². The molecule has 2 rings (SSSR count). The summed E-state index contributed by atoms with van der Waals surface area (Å²) in [7, 11) is 0. The number of hydrogen-bond donors (Lipinski definition) is 0. The Balaban J connectivity index is 0. The Labute approximate surface area is 138 Å². The third-order valence-electron chi connectivity index (χ3n) is 2.37. The first-order valence-corrected chi connectivity index (χ1v) is 5.72. The van der Waals surface area contributed by atoms with E-state index in [2.05, 4.69) is 9.97 Å². The Morgan fingerprint density at radius 1 is 0.818 bits per heavy atom. The molecule has 22 heavy (non-hydrogen) atoms. The molecule has 0 aromatic carbocycles. The van der Waals surface area contributed by atoms with Crippen LogP contribution in [0.25, 0.3) is 0 Å². The van der Waals surface area contributed by atoms with Crippen LogP contribution in [0.15, 0.2) is 21.7 Å². The maximum absolute atomic E-state index is 10.7. The van der Waals surface area contributed by atoms with Crippen LogP contribution in [0.4, 0.5) is 0 Å². The van der Waals surface area contributed by atoms with Crippen LogP contribution in [-0.4, -0.2) is 19.4 Å². The average molecular weight is 345 g/mol. The summed E-state index contributed by atoms with van der Waals surface area (Å²) >= 11 is 0. The smallest absolute Gasteiger partial charge is 2.00 e. The second-order valence-electron chi connectivity index (χ2n) is 4.23. The van der Waals surface area contributed by atoms with Gasteiger partial charge >= 0.3 is 29.9 Å². The molecule has 0 saturated carbocycles. The van der Waals surface area contributed by atoms with Crippen molar-refractivity contribution < 1.29 is 24.0 Å². The molecule has 0 atom stereocenters. The number of nitrogens with zero attached hydrogens (tertiary/aromatic N) is 4. The van der Waals surface area contributed by atoms with Crippen LogP contribution in [0.5, 0.6) is 0 Å². The van der Waals surface area contributed by atoms with E-state index in [0.29, 0.717) is 22.8 Å². The second-order valence-corrected chi connectivity index (χ2v) is 4.23. The van der Waals surface area contributed by atoms with Crippen LogP contribution in [0.2, 0.25) is 0 Å². The second kappa shape index (κ2) is 9.03. The Morgan fingerprint density at radius 2 is 1.09 bits per heavy atom. The van der Waals surface area contributed by atoms with Crippen LogP contribution in [0, 0.1) is 38.1 Å². The summed E-state index contributed by atoms with van der Waals surface area (Å²) in [6.07, 6.45) is 0. The zero-order chi connectivity index (χ0) is 15.4. The fourth-order valence-corrected chi connectivity index (χ4v) is 1.48. The third kappa shape index (κ3) is 5.72. The van der Waals surface area contributed by atoms with Crippen LogP contribution >= 0.6 is 0 Å². The van der Waals surface area contributed by atoms with Crippen LogP contribution < -0.4 is 11.4 Å². The maximum Gasteiger partial charge on any atom is 4.00 e. The van der Waals surface area contributed by atoms with Crippen LogP contribution in [0.3, 0.4) is 0 Å². The molecule has 0 amide bonds. The van der Waals surface area contributed by atoms with Crippen LogP contribution in [-0.2, 0) is 24.0 Å². The SMILES string of the molecule is Cc1cc(C)n([O-])c(=O)n1.Cc1cc(C)n([O-])c(=O)n1.[O-2].[V+4]. The van der Waals surface area contributed by atoms with Gasteiger partial charge in [-0.1, -0.05) is 0 Å². The number of rotatable bonds is 0. The summed E-state index contributed by atoms with van der Waals surface area (Å²) in [5.41, 5.74) is 0.453. The van der Waals surface area contributed by atoms with E-state index < -0.39 is 11.4 Å². The fourth-order valence-electron chi connectivity index (χ4n) is 1.48. The molecule has 9 nitrogen and oxygen atoms in total. The molecule has 2 aromatic rings. The van der Waals surface area contributed by atoms with Crippen molar-refractivity contribution in [2.75, 3.05) is 0 Å². The van der Waals surface area contributed by atoms with Crippen molar-refractivity contribution in [3.05, 3.63) is 66.3 Å². The van der Waals surface area contributed by atoms with Gasteiger partial charge in [-0.15, -0.1) is 0 Å². The first-order valence-electron chi connectivity index (χ1n) is 5.72. The fraction of sp³-hybridized carbons (Fsp3) is 0.333. The third-order valence-corrected chi connectivity index (χ3v) is 2.37. The monoisotopic (exact) mass is 345 g/mol. The molecule has 2 heterocycles. The first kappa shape index (κ1) is 22.2. The average Bonchev–Trinajstić information content (AvgIpc) is 2.33. The number of aryl methyl sites for hydroxylation is 4. The molecule has 0 bridgehead atoms. The molecule has 0 aliphatic rings. The molecule has 2 aromatic heterocycles. The summed E-state index contributed by atoms with van der Waals surface area (Å²) in [6.45, 7) is 6.49. The van der Waals surface area contributed by atoms with Gasteiger partial charge in [-0.2, -0.15) is 9.97 Å². The van der Waals surface area contributed by atoms with Crippen molar-refractivity contribution in [1.29, 1.82) is 0 Å². The van der Waals surface area contributed by atoms with Crippen molar-refractivity contribution >= 4 is 0 Å². The summed E-state index contributed by atoms with van der Waals surface area (Å²) in [5, 5.41) is 21.3. The van der Waals surface area contributed by atoms with Crippen molar-refractivity contribution in [1.82, 2.24) is 19.4 Å². The van der Waals surface area contributed by atoms with E-state index >= 15 is 0 Å². The molecule has 0 aliphatic heterocycles. The molecule has 0 aliphatic carbocycles. The predicted molar refractivity (Wildman–Crippen MR) is 74.2 cm³/mol. The molecule has 10 heteroatoms. The Hall–Kier alpha value is -2.10. The normalized spacial score (nSPS) is 8.91. The largest absolute Gasteiger partial charge is 4.00 e. The molecular formula is C12H14N4O5V. The summed E-state index contributed by atoms with van der Waals surface area (Å²) < 4.78 is 0.542. The van der Waals surface area contributed by atoms with Gasteiger partial charge < -0.3 is 25.4 Å². The Morgan fingerprint density at radius 3 is 1.32 bits per heavy atom. The van der Waals surface area contributed by atoms with E-state index in [1.165, 1.54) is 0 Å². The molecule has 0 saturated heterocycles. The topological polar surface area (TPSA) is 144 Å². The minimum absolute atomic E-state index is 0. The van der Waals surface area contributed by atoms with E-state index in [1.807, 2.05) is 0 Å². The van der Waals surface area contributed by atoms with Gasteiger partial charge in [0.1, 0.15) is 0 Å². The molecule has 117 valence electrons. The van der Waals surface area contributed by atoms with E-state index in [4.69, 9.17) is 0 Å². The molecule has 0 spiro atoms. The number of hydrogen-bond acceptors (Lipinski definition) is 6. The minimum Gasteiger partial charge on any atom is -2.00 e. The van der Waals surface area contributed by atoms with Gasteiger partial charge in [0.2, 0.25) is 0 Å². The van der Waals surface area contributed by atoms with Gasteiger partial charge in [0.25, 0.3) is 0 Å². The van der Waals surface area contributed by atoms with Gasteiger partial charge in [-0.3, -0.25) is 0 Å². The van der Waals surface area contributed by atoms with Gasteiger partial charge in [0.15, 0.2) is 0 Å². The zero-order valence-electron chi connectivity index (χ0n) is 12.4. The molecule has 0 N–H and O–H groups in total. The number of aromatic nitrogens is 4. The maximum atomic E-state index is 10.7. The predicted octanol–water partition coefficient (Wildman–Crippen LogP) is 0.291. The van der Waals surface area contributed by atoms with Crippen molar-refractivity contribution in [3.8, 4) is 0 Å². The van der Waals surface area contributed by atoms with E-state index in [-0.39, 0.29) is 33.5 Å². The minimum atomic E-state index is -0.738. The van der Waals surface area contributed by atoms with Crippen molar-refractivity contribution in [3.63, 3.8) is 0 Å². The standard InChI is InChI=1S/2C6H7N2O2.O.V/c2*1-4-3-5(2)8(10)6(9)7-4;;/h2*3H,1-2H3;;/q2*-1;-2;+4. The van der Waals surface area contributed by atoms with Gasteiger partial charge in [0, 0.05) is 22.8 Å². The summed E-state index contributed by atoms with van der Waals surface area (Å²) in [4.78, 5) is 28.1. The molecule has 1 radical (unpaired) electrons. The Kier molecular flexibility index (Phi) is 9.11. The van der Waals surface area contributed by atoms with Gasteiger partial charge in [-0.25, -0.2) is 9.59 Å². The van der Waals surface area contributed by atoms with Gasteiger partial charge in [0.05, 0.1) is 0 Å². The zero-order valence-corrected chi connectivity index (χ0v) is 13.8. The quantitative estimate of drug-likeness (QED) is 0.671. The summed E-state index contributed by atoms with van der Waals surface area (Å²) in [6, 6.07) is 3.13. The molecular weight excluding hydrogens is 331 g/mol. The summed E-state index contributed by atoms with van der Waals surface area (Å²) in [5.74, 6) is 0. The molecule has 0 fully saturated rings. The van der Waals surface area contributed by atoms with E-state index in [9.17, 15) is 20.0 Å². The van der Waals surface area contributed by atoms with E-state index in [0.717, 1.165) is 0 Å². The first-order chi connectivity index (χ1) is 9.22. The van der Waals surface area contributed by atoms with E-state index in [1.54, 1.807) is 39.8 Å². The van der Waals surface area contributed by atoms with Crippen molar-refractivity contribution in [2.24, 2.45) is 0 Å².